The van der Waals surface area contributed by atoms with Crippen LogP contribution in [0.15, 0.2) is 36.5 Å². The van der Waals surface area contributed by atoms with Gasteiger partial charge in [-0.15, -0.1) is 0 Å². The lowest BCUT2D eigenvalue weighted by atomic mass is 10.3. The molecule has 0 saturated carbocycles. The van der Waals surface area contributed by atoms with Crippen molar-refractivity contribution in [2.45, 2.75) is 0 Å². The predicted octanol–water partition coefficient (Wildman–Crippen LogP) is 5.23. The van der Waals surface area contributed by atoms with Crippen molar-refractivity contribution in [2.75, 3.05) is 0 Å². The molecule has 1 aromatic carbocycles. The molecule has 0 radical (unpaired) electrons. The minimum atomic E-state index is -0.00461. The molecule has 0 spiro atoms. The van der Waals surface area contributed by atoms with Crippen LogP contribution in [-0.4, -0.2) is 3.97 Å². The highest BCUT2D eigenvalue weighted by Crippen LogP contribution is 2.65. The number of nitrogens with zero attached hydrogens (tertiary/aromatic N) is 1. The van der Waals surface area contributed by atoms with Gasteiger partial charge >= 0.3 is 0 Å². The average Bonchev–Trinajstić information content (AvgIpc) is 2.48. The van der Waals surface area contributed by atoms with Crippen LogP contribution < -0.4 is 0 Å². The molecule has 5 heteroatoms. The molecule has 0 bridgehead atoms. The molecule has 0 fully saturated rings. The molecule has 2 aromatic rings. The van der Waals surface area contributed by atoms with Crippen LogP contribution >= 0.6 is 58.1 Å². The molecular formula is C8H6I2NPS. The van der Waals surface area contributed by atoms with Gasteiger partial charge in [-0.25, -0.2) is 0 Å². The second-order valence-corrected chi connectivity index (χ2v) is 20.3. The van der Waals surface area contributed by atoms with Gasteiger partial charge in [-0.05, 0) is 56.2 Å². The number of para-hydroxylation sites is 1. The normalized spacial score (nSPS) is 11.3. The van der Waals surface area contributed by atoms with Crippen LogP contribution in [0.1, 0.15) is 0 Å². The molecule has 0 aliphatic heterocycles. The number of hydrogen-bond donors (Lipinski definition) is 0. The molecule has 0 N–H and O–H groups in total. The molecule has 0 aliphatic rings. The van der Waals surface area contributed by atoms with Crippen LogP contribution in [0.25, 0.3) is 10.9 Å². The van der Waals surface area contributed by atoms with Gasteiger partial charge in [0, 0.05) is 23.2 Å². The van der Waals surface area contributed by atoms with Gasteiger partial charge in [0.25, 0.3) is 0 Å². The van der Waals surface area contributed by atoms with Crippen molar-refractivity contribution in [2.24, 2.45) is 0 Å². The Morgan fingerprint density at radius 3 is 2.69 bits per heavy atom. The van der Waals surface area contributed by atoms with Gasteiger partial charge in [0.15, 0.2) is 0 Å². The van der Waals surface area contributed by atoms with Crippen molar-refractivity contribution in [3.63, 3.8) is 0 Å². The summed E-state index contributed by atoms with van der Waals surface area (Å²) in [5, 5.41) is 1.32. The van der Waals surface area contributed by atoms with E-state index in [0.717, 1.165) is 0 Å². The molecule has 0 aliphatic carbocycles. The first-order chi connectivity index (χ1) is 6.27. The smallest absolute Gasteiger partial charge is 0.106 e. The van der Waals surface area contributed by atoms with Crippen LogP contribution in [0.2, 0.25) is 0 Å². The summed E-state index contributed by atoms with van der Waals surface area (Å²) in [5.41, 5.74) is 1.31. The summed E-state index contributed by atoms with van der Waals surface area (Å²) < 4.78 is 2.25. The molecule has 0 atom stereocenters. The van der Waals surface area contributed by atoms with E-state index in [2.05, 4.69) is 84.6 Å². The van der Waals surface area contributed by atoms with Crippen LogP contribution in [0.4, 0.5) is 0 Å². The van der Waals surface area contributed by atoms with Gasteiger partial charge in [0.2, 0.25) is 0 Å². The molecule has 1 heterocycles. The van der Waals surface area contributed by atoms with Gasteiger partial charge in [-0.1, -0.05) is 18.2 Å². The molecule has 0 amide bonds. The molecule has 1 nitrogen and oxygen atoms in total. The summed E-state index contributed by atoms with van der Waals surface area (Å²) in [6, 6.07) is 10.6. The molecule has 0 saturated heterocycles. The lowest BCUT2D eigenvalue weighted by Gasteiger charge is -2.03. The first kappa shape index (κ1) is 10.5. The summed E-state index contributed by atoms with van der Waals surface area (Å²) >= 11 is 6.83. The van der Waals surface area contributed by atoms with Crippen molar-refractivity contribution in [3.05, 3.63) is 36.5 Å². The Kier molecular flexibility index (Phi) is 3.79. The van der Waals surface area contributed by atoms with E-state index >= 15 is 0 Å². The lowest BCUT2D eigenvalue weighted by molar-refractivity contribution is 1.37. The maximum Gasteiger partial charge on any atom is 0.106 e. The molecule has 2 rings (SSSR count). The highest BCUT2D eigenvalue weighted by atomic mass is 127. The van der Waals surface area contributed by atoms with Crippen molar-refractivity contribution < 1.29 is 0 Å². The average molecular weight is 433 g/mol. The van der Waals surface area contributed by atoms with Gasteiger partial charge in [0.1, 0.15) is 2.41 Å². The number of halogens is 2. The number of benzene rings is 1. The Bertz CT molecular complexity index is 415. The van der Waals surface area contributed by atoms with Crippen LogP contribution in [0.3, 0.4) is 0 Å². The van der Waals surface area contributed by atoms with E-state index in [9.17, 15) is 0 Å². The summed E-state index contributed by atoms with van der Waals surface area (Å²) in [5.74, 6) is 0. The molecule has 13 heavy (non-hydrogen) atoms. The quantitative estimate of drug-likeness (QED) is 0.464. The van der Waals surface area contributed by atoms with Gasteiger partial charge < -0.3 is 0 Å². The number of aromatic nitrogens is 1. The lowest BCUT2D eigenvalue weighted by Crippen LogP contribution is -1.77. The van der Waals surface area contributed by atoms with Crippen molar-refractivity contribution in [3.8, 4) is 0 Å². The topological polar surface area (TPSA) is 4.93 Å². The minimum absolute atomic E-state index is 0.00461. The zero-order valence-electron chi connectivity index (χ0n) is 6.52. The monoisotopic (exact) mass is 433 g/mol. The van der Waals surface area contributed by atoms with Crippen LogP contribution in [0.5, 0.6) is 0 Å². The Morgan fingerprint density at radius 1 is 1.15 bits per heavy atom. The molecular weight excluding hydrogens is 427 g/mol. The maximum absolute atomic E-state index is 2.47. The van der Waals surface area contributed by atoms with Crippen LogP contribution in [0, 0.1) is 0 Å². The molecule has 0 unspecified atom stereocenters. The zero-order chi connectivity index (χ0) is 9.26. The molecule has 1 aromatic heterocycles. The van der Waals surface area contributed by atoms with E-state index in [0.29, 0.717) is 0 Å². The largest absolute Gasteiger partial charge is 0.286 e. The first-order valence-corrected chi connectivity index (χ1v) is 11.9. The van der Waals surface area contributed by atoms with E-state index in [1.807, 2.05) is 11.6 Å². The fourth-order valence-corrected chi connectivity index (χ4v) is 5.94. The third-order valence-corrected chi connectivity index (χ3v) is 6.40. The van der Waals surface area contributed by atoms with Crippen molar-refractivity contribution >= 4 is 69.0 Å². The second-order valence-electron chi connectivity index (χ2n) is 2.48. The fourth-order valence-electron chi connectivity index (χ4n) is 1.20. The zero-order valence-corrected chi connectivity index (χ0v) is 12.5. The maximum atomic E-state index is 2.47. The summed E-state index contributed by atoms with van der Waals surface area (Å²) in [4.78, 5) is 0. The first-order valence-electron chi connectivity index (χ1n) is 3.63. The van der Waals surface area contributed by atoms with E-state index in [1.165, 1.54) is 10.9 Å². The third-order valence-electron chi connectivity index (χ3n) is 1.71. The number of hydrogen-bond acceptors (Lipinski definition) is 1. The van der Waals surface area contributed by atoms with E-state index in [-0.39, 0.29) is 2.41 Å². The third kappa shape index (κ3) is 2.52. The highest BCUT2D eigenvalue weighted by Gasteiger charge is 2.03. The van der Waals surface area contributed by atoms with Gasteiger partial charge in [-0.2, -0.15) is 0 Å². The van der Waals surface area contributed by atoms with Crippen LogP contribution in [-0.2, 0) is 0 Å². The van der Waals surface area contributed by atoms with Crippen molar-refractivity contribution in [1.29, 1.82) is 0 Å². The van der Waals surface area contributed by atoms with E-state index in [1.54, 1.807) is 0 Å². The summed E-state index contributed by atoms with van der Waals surface area (Å²) in [7, 11) is 0. The Labute approximate surface area is 108 Å². The molecule has 68 valence electrons. The standard InChI is InChI=1S/C8H6I2NPS/c9-12(10)13-11-6-5-7-3-1-2-4-8(7)11/h1-6H. The Hall–Kier alpha value is 1.00. The Balaban J connectivity index is 2.46. The predicted molar refractivity (Wildman–Crippen MR) is 79.9 cm³/mol. The van der Waals surface area contributed by atoms with Gasteiger partial charge in [-0.3, -0.25) is 3.97 Å². The Morgan fingerprint density at radius 2 is 1.92 bits per heavy atom. The van der Waals surface area contributed by atoms with E-state index < -0.39 is 0 Å². The van der Waals surface area contributed by atoms with Crippen molar-refractivity contribution in [1.82, 2.24) is 3.97 Å². The number of rotatable bonds is 2. The summed E-state index contributed by atoms with van der Waals surface area (Å²) in [6.07, 6.45) is 2.14. The summed E-state index contributed by atoms with van der Waals surface area (Å²) in [6.45, 7) is 0. The fraction of sp³-hybridized carbons (Fsp3) is 0. The SMILES string of the molecule is IP(I)Sn1ccc2ccccc21. The van der Waals surface area contributed by atoms with Gasteiger partial charge in [0.05, 0.1) is 5.52 Å². The minimum Gasteiger partial charge on any atom is -0.286 e. The second kappa shape index (κ2) is 4.68. The highest BCUT2D eigenvalue weighted by molar-refractivity contribution is 14.3. The number of fused-ring (bicyclic) bond motifs is 1. The van der Waals surface area contributed by atoms with E-state index in [4.69, 9.17) is 0 Å².